The molecule has 0 radical (unpaired) electrons. The monoisotopic (exact) mass is 383 g/mol. The second kappa shape index (κ2) is 7.72. The first-order valence-electron chi connectivity index (χ1n) is 8.16. The lowest BCUT2D eigenvalue weighted by molar-refractivity contribution is -0.147. The molecule has 0 atom stereocenters. The third-order valence-electron chi connectivity index (χ3n) is 4.26. The Morgan fingerprint density at radius 1 is 1.00 bits per heavy atom. The van der Waals surface area contributed by atoms with Gasteiger partial charge in [-0.1, -0.05) is 30.3 Å². The van der Waals surface area contributed by atoms with Gasteiger partial charge in [-0.2, -0.15) is 13.2 Å². The molecule has 1 fully saturated rings. The number of thioether (sulfide) groups is 1. The van der Waals surface area contributed by atoms with Gasteiger partial charge in [0, 0.05) is 4.90 Å². The lowest BCUT2D eigenvalue weighted by atomic mass is 9.86. The first kappa shape index (κ1) is 18.8. The maximum absolute atomic E-state index is 12.6. The molecule has 26 heavy (non-hydrogen) atoms. The van der Waals surface area contributed by atoms with Crippen molar-refractivity contribution >= 4 is 17.7 Å². The van der Waals surface area contributed by atoms with E-state index in [4.69, 9.17) is 4.74 Å². The second-order valence-electron chi connectivity index (χ2n) is 5.99. The van der Waals surface area contributed by atoms with Crippen LogP contribution in [0.4, 0.5) is 13.2 Å². The van der Waals surface area contributed by atoms with Crippen LogP contribution in [0.3, 0.4) is 0 Å². The number of hydrogen-bond donors (Lipinski definition) is 0. The number of alkyl halides is 3. The highest BCUT2D eigenvalue weighted by Gasteiger charge is 2.40. The Balaban J connectivity index is 1.78. The van der Waals surface area contributed by atoms with Crippen LogP contribution in [0.1, 0.15) is 28.8 Å². The summed E-state index contributed by atoms with van der Waals surface area (Å²) in [7, 11) is 0. The van der Waals surface area contributed by atoms with Gasteiger partial charge in [0.2, 0.25) is 0 Å². The van der Waals surface area contributed by atoms with Crippen LogP contribution in [0.25, 0.3) is 0 Å². The molecule has 0 aliphatic carbocycles. The van der Waals surface area contributed by atoms with E-state index in [1.807, 2.05) is 30.3 Å². The average Bonchev–Trinajstić information content (AvgIpc) is 2.62. The number of halogens is 3. The van der Waals surface area contributed by atoms with Crippen LogP contribution in [0, 0.1) is 0 Å². The Bertz CT molecular complexity index is 739. The molecule has 0 spiro atoms. The van der Waals surface area contributed by atoms with Crippen molar-refractivity contribution in [3.05, 3.63) is 65.7 Å². The highest BCUT2D eigenvalue weighted by Crippen LogP contribution is 2.38. The van der Waals surface area contributed by atoms with Crippen molar-refractivity contribution in [2.45, 2.75) is 28.8 Å². The lowest BCUT2D eigenvalue weighted by Gasteiger charge is -2.35. The molecule has 1 saturated heterocycles. The number of hydrogen-bond acceptors (Lipinski definition) is 3. The van der Waals surface area contributed by atoms with Crippen LogP contribution in [-0.4, -0.2) is 29.4 Å². The largest absolute Gasteiger partial charge is 0.450 e. The number of ether oxygens (including phenoxy) is 2. The number of benzene rings is 2. The second-order valence-corrected chi connectivity index (χ2v) is 7.13. The predicted octanol–water partition coefficient (Wildman–Crippen LogP) is 4.67. The number of carbonyl (C=O) groups excluding carboxylic acids is 1. The van der Waals surface area contributed by atoms with Gasteiger partial charge in [0.1, 0.15) is 13.2 Å². The van der Waals surface area contributed by atoms with Crippen LogP contribution in [0.5, 0.6) is 0 Å². The summed E-state index contributed by atoms with van der Waals surface area (Å²) in [6.45, 7) is 1.20. The molecular weight excluding hydrogens is 365 g/mol. The molecule has 2 aromatic carbocycles. The van der Waals surface area contributed by atoms with E-state index in [1.165, 1.54) is 24.3 Å². The number of aliphatic hydroxyl groups is 2. The van der Waals surface area contributed by atoms with E-state index >= 15 is 0 Å². The molecular formula is C19H18F3O3S+. The molecule has 1 N–H and O–H groups in total. The summed E-state index contributed by atoms with van der Waals surface area (Å²) < 4.78 is 47.4. The van der Waals surface area contributed by atoms with Crippen molar-refractivity contribution in [2.24, 2.45) is 0 Å². The highest BCUT2D eigenvalue weighted by atomic mass is 32.2. The average molecular weight is 383 g/mol. The molecule has 0 saturated carbocycles. The Kier molecular flexibility index (Phi) is 5.58. The van der Waals surface area contributed by atoms with Crippen molar-refractivity contribution in [2.75, 3.05) is 13.2 Å². The molecule has 3 nitrogen and oxygen atoms in total. The fraction of sp³-hybridized carbons (Fsp3) is 0.316. The van der Waals surface area contributed by atoms with Crippen molar-refractivity contribution in [1.82, 2.24) is 0 Å². The topological polar surface area (TPSA) is 39.1 Å². The Morgan fingerprint density at radius 2 is 1.62 bits per heavy atom. The summed E-state index contributed by atoms with van der Waals surface area (Å²) in [4.78, 5) is 12.6. The molecule has 2 aromatic rings. The highest BCUT2D eigenvalue weighted by molar-refractivity contribution is 8.00. The van der Waals surface area contributed by atoms with E-state index in [-0.39, 0.29) is 22.2 Å². The SMILES string of the molecule is O=C(OC1(c2ccccc2)CC[OH+]CC1)c1ccc(SC(F)(F)F)cc1. The Hall–Kier alpha value is -1.99. The van der Waals surface area contributed by atoms with Gasteiger partial charge in [0.15, 0.2) is 5.60 Å². The Labute approximate surface area is 153 Å². The van der Waals surface area contributed by atoms with Gasteiger partial charge in [0.25, 0.3) is 0 Å². The fourth-order valence-electron chi connectivity index (χ4n) is 2.98. The van der Waals surface area contributed by atoms with Crippen LogP contribution >= 0.6 is 11.8 Å². The standard InChI is InChI=1S/C19H17F3O3S/c20-19(21,22)26-16-8-6-14(7-9-16)17(23)25-18(10-12-24-13-11-18)15-4-2-1-3-5-15/h1-9H,10-13H2/p+1. The van der Waals surface area contributed by atoms with Crippen molar-refractivity contribution in [1.29, 1.82) is 0 Å². The van der Waals surface area contributed by atoms with Gasteiger partial charge < -0.3 is 9.47 Å². The van der Waals surface area contributed by atoms with Gasteiger partial charge in [-0.05, 0) is 41.6 Å². The van der Waals surface area contributed by atoms with Gasteiger partial charge in [0.05, 0.1) is 18.4 Å². The van der Waals surface area contributed by atoms with Gasteiger partial charge in [-0.3, -0.25) is 0 Å². The molecule has 0 unspecified atom stereocenters. The zero-order valence-corrected chi connectivity index (χ0v) is 14.6. The summed E-state index contributed by atoms with van der Waals surface area (Å²) >= 11 is -0.212. The third-order valence-corrected chi connectivity index (χ3v) is 5.00. The van der Waals surface area contributed by atoms with Crippen LogP contribution in [-0.2, 0) is 10.3 Å². The van der Waals surface area contributed by atoms with Crippen molar-refractivity contribution < 1.29 is 27.4 Å². The van der Waals surface area contributed by atoms with Gasteiger partial charge >= 0.3 is 11.5 Å². The molecule has 7 heteroatoms. The van der Waals surface area contributed by atoms with Crippen LogP contribution in [0.2, 0.25) is 0 Å². The molecule has 138 valence electrons. The maximum atomic E-state index is 12.6. The van der Waals surface area contributed by atoms with E-state index in [9.17, 15) is 18.0 Å². The molecule has 0 aromatic heterocycles. The predicted molar refractivity (Wildman–Crippen MR) is 93.1 cm³/mol. The first-order chi connectivity index (χ1) is 12.4. The minimum Gasteiger partial charge on any atom is -0.450 e. The van der Waals surface area contributed by atoms with Crippen LogP contribution < -0.4 is 0 Å². The lowest BCUT2D eigenvalue weighted by Crippen LogP contribution is -2.39. The molecule has 0 bridgehead atoms. The number of rotatable bonds is 4. The van der Waals surface area contributed by atoms with Crippen molar-refractivity contribution in [3.63, 3.8) is 0 Å². The van der Waals surface area contributed by atoms with Crippen LogP contribution in [0.15, 0.2) is 59.5 Å². The fourth-order valence-corrected chi connectivity index (χ4v) is 3.52. The normalized spacial score (nSPS) is 16.9. The quantitative estimate of drug-likeness (QED) is 0.437. The molecule has 1 aliphatic rings. The van der Waals surface area contributed by atoms with E-state index < -0.39 is 17.1 Å². The summed E-state index contributed by atoms with van der Waals surface area (Å²) in [5, 5.41) is 0. The third kappa shape index (κ3) is 4.59. The first-order valence-corrected chi connectivity index (χ1v) is 8.98. The minimum atomic E-state index is -4.36. The molecule has 1 aliphatic heterocycles. The van der Waals surface area contributed by atoms with E-state index in [0.29, 0.717) is 26.1 Å². The summed E-state index contributed by atoms with van der Waals surface area (Å²) in [5.41, 5.74) is -3.97. The minimum absolute atomic E-state index is 0.0308. The number of carbonyl (C=O) groups is 1. The van der Waals surface area contributed by atoms with Gasteiger partial charge in [-0.25, -0.2) is 4.79 Å². The van der Waals surface area contributed by atoms with E-state index in [2.05, 4.69) is 4.74 Å². The summed E-state index contributed by atoms with van der Waals surface area (Å²) in [6, 6.07) is 14.8. The smallest absolute Gasteiger partial charge is 0.446 e. The summed E-state index contributed by atoms with van der Waals surface area (Å²) in [5.74, 6) is -0.542. The van der Waals surface area contributed by atoms with E-state index in [1.54, 1.807) is 0 Å². The summed E-state index contributed by atoms with van der Waals surface area (Å²) in [6.07, 6.45) is 1.18. The molecule has 3 rings (SSSR count). The molecule has 1 heterocycles. The number of esters is 1. The Morgan fingerprint density at radius 3 is 2.19 bits per heavy atom. The maximum Gasteiger partial charge on any atom is 0.446 e. The van der Waals surface area contributed by atoms with Gasteiger partial charge in [-0.15, -0.1) is 0 Å². The molecule has 0 amide bonds. The zero-order chi connectivity index (χ0) is 18.6. The van der Waals surface area contributed by atoms with E-state index in [0.717, 1.165) is 5.56 Å². The van der Waals surface area contributed by atoms with Crippen molar-refractivity contribution in [3.8, 4) is 0 Å². The zero-order valence-electron chi connectivity index (χ0n) is 13.8.